The number of aliphatic hydroxyl groups excluding tert-OH is 1. The number of hydrogen-bond donors (Lipinski definition) is 2. The van der Waals surface area contributed by atoms with Crippen molar-refractivity contribution in [2.75, 3.05) is 26.2 Å². The molecule has 0 saturated carbocycles. The summed E-state index contributed by atoms with van der Waals surface area (Å²) in [6.45, 7) is 6.85. The second-order valence-corrected chi connectivity index (χ2v) is 6.50. The number of benzene rings is 1. The zero-order chi connectivity index (χ0) is 16.4. The van der Waals surface area contributed by atoms with E-state index in [2.05, 4.69) is 22.0 Å². The molecule has 1 saturated heterocycles. The summed E-state index contributed by atoms with van der Waals surface area (Å²) in [6, 6.07) is 6.24. The molecule has 124 valence electrons. The molecule has 1 fully saturated rings. The second-order valence-electron chi connectivity index (χ2n) is 6.50. The van der Waals surface area contributed by atoms with Crippen LogP contribution < -0.4 is 0 Å². The Morgan fingerprint density at radius 1 is 1.48 bits per heavy atom. The highest BCUT2D eigenvalue weighted by atomic mass is 16.3. The van der Waals surface area contributed by atoms with Gasteiger partial charge < -0.3 is 10.0 Å². The number of aromatic amines is 1. The van der Waals surface area contributed by atoms with Gasteiger partial charge in [0, 0.05) is 37.6 Å². The third-order valence-corrected chi connectivity index (χ3v) is 4.48. The number of piperazine rings is 1. The fourth-order valence-electron chi connectivity index (χ4n) is 3.22. The molecule has 0 bridgehead atoms. The Bertz CT molecular complexity index is 682. The Labute approximate surface area is 136 Å². The summed E-state index contributed by atoms with van der Waals surface area (Å²) < 4.78 is 0. The number of hydrogen-bond acceptors (Lipinski definition) is 4. The molecule has 2 atom stereocenters. The van der Waals surface area contributed by atoms with E-state index in [1.165, 1.54) is 0 Å². The lowest BCUT2D eigenvalue weighted by molar-refractivity contribution is -0.133. The van der Waals surface area contributed by atoms with Crippen LogP contribution in [0.2, 0.25) is 0 Å². The standard InChI is InChI=1S/C17H24N4O2/c1-12-10-21(6-5-20(12)11-13(2)22)17(23)8-14-3-4-16-15(7-14)9-18-19-16/h3-4,7,9,12-13,22H,5-6,8,10-11H2,1-2H3,(H,18,19). The number of β-amino-alcohol motifs (C(OH)–C–C–N with tert-alkyl or cyclic N) is 1. The summed E-state index contributed by atoms with van der Waals surface area (Å²) in [5.41, 5.74) is 2.00. The fourth-order valence-corrected chi connectivity index (χ4v) is 3.22. The normalized spacial score (nSPS) is 20.8. The molecule has 1 aromatic carbocycles. The van der Waals surface area contributed by atoms with E-state index < -0.39 is 0 Å². The third kappa shape index (κ3) is 3.71. The number of nitrogens with zero attached hydrogens (tertiary/aromatic N) is 3. The molecule has 0 radical (unpaired) electrons. The summed E-state index contributed by atoms with van der Waals surface area (Å²) >= 11 is 0. The van der Waals surface area contributed by atoms with Crippen LogP contribution in [0.1, 0.15) is 19.4 Å². The average Bonchev–Trinajstić information content (AvgIpc) is 2.96. The first-order chi connectivity index (χ1) is 11.0. The van der Waals surface area contributed by atoms with Crippen molar-refractivity contribution in [1.82, 2.24) is 20.0 Å². The van der Waals surface area contributed by atoms with Crippen molar-refractivity contribution in [1.29, 1.82) is 0 Å². The van der Waals surface area contributed by atoms with Crippen LogP contribution in [0.25, 0.3) is 10.9 Å². The van der Waals surface area contributed by atoms with Crippen molar-refractivity contribution >= 4 is 16.8 Å². The van der Waals surface area contributed by atoms with E-state index in [1.54, 1.807) is 13.1 Å². The lowest BCUT2D eigenvalue weighted by Gasteiger charge is -2.40. The third-order valence-electron chi connectivity index (χ3n) is 4.48. The summed E-state index contributed by atoms with van der Waals surface area (Å²) in [5.74, 6) is 0.163. The first-order valence-corrected chi connectivity index (χ1v) is 8.15. The molecule has 2 aromatic rings. The topological polar surface area (TPSA) is 72.5 Å². The van der Waals surface area contributed by atoms with Crippen molar-refractivity contribution in [3.05, 3.63) is 30.0 Å². The zero-order valence-corrected chi connectivity index (χ0v) is 13.7. The second kappa shape index (κ2) is 6.68. The predicted molar refractivity (Wildman–Crippen MR) is 89.1 cm³/mol. The number of fused-ring (bicyclic) bond motifs is 1. The van der Waals surface area contributed by atoms with Crippen molar-refractivity contribution in [3.8, 4) is 0 Å². The van der Waals surface area contributed by atoms with Crippen LogP contribution in [-0.2, 0) is 11.2 Å². The highest BCUT2D eigenvalue weighted by Crippen LogP contribution is 2.16. The van der Waals surface area contributed by atoms with E-state index in [1.807, 2.05) is 23.1 Å². The van der Waals surface area contributed by atoms with Gasteiger partial charge in [-0.2, -0.15) is 5.10 Å². The molecule has 1 amide bonds. The zero-order valence-electron chi connectivity index (χ0n) is 13.7. The van der Waals surface area contributed by atoms with E-state index in [9.17, 15) is 9.90 Å². The molecule has 1 aliphatic rings. The smallest absolute Gasteiger partial charge is 0.227 e. The molecule has 2 heterocycles. The van der Waals surface area contributed by atoms with Gasteiger partial charge in [0.1, 0.15) is 0 Å². The van der Waals surface area contributed by atoms with Gasteiger partial charge >= 0.3 is 0 Å². The van der Waals surface area contributed by atoms with Gasteiger partial charge in [0.25, 0.3) is 0 Å². The van der Waals surface area contributed by atoms with Crippen molar-refractivity contribution in [2.24, 2.45) is 0 Å². The lowest BCUT2D eigenvalue weighted by atomic mass is 10.1. The molecule has 2 N–H and O–H groups in total. The SMILES string of the molecule is CC(O)CN1CCN(C(=O)Cc2ccc3[nH]ncc3c2)CC1C. The molecule has 6 nitrogen and oxygen atoms in total. The van der Waals surface area contributed by atoms with Gasteiger partial charge in [0.2, 0.25) is 5.91 Å². The minimum atomic E-state index is -0.332. The number of rotatable bonds is 4. The average molecular weight is 316 g/mol. The van der Waals surface area contributed by atoms with E-state index in [0.29, 0.717) is 13.0 Å². The maximum absolute atomic E-state index is 12.6. The van der Waals surface area contributed by atoms with Crippen LogP contribution in [0, 0.1) is 0 Å². The first kappa shape index (κ1) is 16.0. The monoisotopic (exact) mass is 316 g/mol. The first-order valence-electron chi connectivity index (χ1n) is 8.15. The summed E-state index contributed by atoms with van der Waals surface area (Å²) in [7, 11) is 0. The van der Waals surface area contributed by atoms with Gasteiger partial charge in [0.05, 0.1) is 24.2 Å². The van der Waals surface area contributed by atoms with E-state index >= 15 is 0 Å². The molecule has 2 unspecified atom stereocenters. The van der Waals surface area contributed by atoms with Crippen LogP contribution in [0.4, 0.5) is 0 Å². The Hall–Kier alpha value is -1.92. The molecular formula is C17H24N4O2. The van der Waals surface area contributed by atoms with Gasteiger partial charge in [-0.1, -0.05) is 6.07 Å². The van der Waals surface area contributed by atoms with Crippen LogP contribution in [0.5, 0.6) is 0 Å². The minimum Gasteiger partial charge on any atom is -0.392 e. The number of aromatic nitrogens is 2. The predicted octanol–water partition coefficient (Wildman–Crippen LogP) is 1.02. The van der Waals surface area contributed by atoms with Gasteiger partial charge in [-0.3, -0.25) is 14.8 Å². The summed E-state index contributed by atoms with van der Waals surface area (Å²) in [6.07, 6.45) is 1.87. The largest absolute Gasteiger partial charge is 0.392 e. The highest BCUT2D eigenvalue weighted by Gasteiger charge is 2.27. The molecule has 0 aliphatic carbocycles. The van der Waals surface area contributed by atoms with E-state index in [0.717, 1.165) is 36.1 Å². The molecule has 1 aliphatic heterocycles. The lowest BCUT2D eigenvalue weighted by Crippen LogP contribution is -2.55. The molecule has 23 heavy (non-hydrogen) atoms. The van der Waals surface area contributed by atoms with Crippen molar-refractivity contribution in [2.45, 2.75) is 32.4 Å². The van der Waals surface area contributed by atoms with Crippen molar-refractivity contribution in [3.63, 3.8) is 0 Å². The summed E-state index contributed by atoms with van der Waals surface area (Å²) in [5, 5.41) is 17.5. The van der Waals surface area contributed by atoms with Crippen LogP contribution in [0.15, 0.2) is 24.4 Å². The Balaban J connectivity index is 1.60. The highest BCUT2D eigenvalue weighted by molar-refractivity contribution is 5.83. The van der Waals surface area contributed by atoms with Gasteiger partial charge in [0.15, 0.2) is 0 Å². The van der Waals surface area contributed by atoms with Crippen LogP contribution in [-0.4, -0.2) is 69.3 Å². The number of H-pyrrole nitrogens is 1. The quantitative estimate of drug-likeness (QED) is 0.883. The van der Waals surface area contributed by atoms with E-state index in [4.69, 9.17) is 0 Å². The Morgan fingerprint density at radius 2 is 2.30 bits per heavy atom. The molecule has 6 heteroatoms. The molecular weight excluding hydrogens is 292 g/mol. The van der Waals surface area contributed by atoms with Gasteiger partial charge in [-0.05, 0) is 31.5 Å². The van der Waals surface area contributed by atoms with Crippen LogP contribution >= 0.6 is 0 Å². The maximum Gasteiger partial charge on any atom is 0.227 e. The number of nitrogens with one attached hydrogen (secondary N) is 1. The van der Waals surface area contributed by atoms with Gasteiger partial charge in [-0.25, -0.2) is 0 Å². The maximum atomic E-state index is 12.6. The number of aliphatic hydroxyl groups is 1. The molecule has 0 spiro atoms. The van der Waals surface area contributed by atoms with Crippen LogP contribution in [0.3, 0.4) is 0 Å². The number of carbonyl (C=O) groups excluding carboxylic acids is 1. The summed E-state index contributed by atoms with van der Waals surface area (Å²) in [4.78, 5) is 16.7. The van der Waals surface area contributed by atoms with Crippen molar-refractivity contribution < 1.29 is 9.90 Å². The molecule has 1 aromatic heterocycles. The Kier molecular flexibility index (Phi) is 4.63. The number of carbonyl (C=O) groups is 1. The molecule has 3 rings (SSSR count). The van der Waals surface area contributed by atoms with Gasteiger partial charge in [-0.15, -0.1) is 0 Å². The van der Waals surface area contributed by atoms with E-state index in [-0.39, 0.29) is 18.1 Å². The fraction of sp³-hybridized carbons (Fsp3) is 0.529. The minimum absolute atomic E-state index is 0.163. The Morgan fingerprint density at radius 3 is 3.04 bits per heavy atom. The number of amides is 1.